The summed E-state index contributed by atoms with van der Waals surface area (Å²) in [6.07, 6.45) is 0. The van der Waals surface area contributed by atoms with E-state index in [4.69, 9.17) is 5.73 Å². The van der Waals surface area contributed by atoms with Crippen LogP contribution in [0.3, 0.4) is 0 Å². The van der Waals surface area contributed by atoms with Crippen LogP contribution in [0.1, 0.15) is 28.4 Å². The highest BCUT2D eigenvalue weighted by Crippen LogP contribution is 2.21. The number of nitrogens with two attached hydrogens (primary N) is 1. The van der Waals surface area contributed by atoms with Crippen molar-refractivity contribution >= 4 is 5.91 Å². The second-order valence-corrected chi connectivity index (χ2v) is 5.19. The summed E-state index contributed by atoms with van der Waals surface area (Å²) in [7, 11) is 0. The van der Waals surface area contributed by atoms with E-state index in [1.807, 2.05) is 32.9 Å². The summed E-state index contributed by atoms with van der Waals surface area (Å²) in [6.45, 7) is 7.29. The van der Waals surface area contributed by atoms with Crippen molar-refractivity contribution in [1.82, 2.24) is 4.90 Å². The summed E-state index contributed by atoms with van der Waals surface area (Å²) in [4.78, 5) is 13.9. The molecule has 2 rings (SSSR count). The summed E-state index contributed by atoms with van der Waals surface area (Å²) in [6, 6.07) is 5.93. The van der Waals surface area contributed by atoms with Crippen LogP contribution in [0.25, 0.3) is 0 Å². The maximum Gasteiger partial charge on any atom is 0.254 e. The standard InChI is InChI=1S/C13H18N2O/c1-9-4-10(2)6-11(5-9)12(16)15-7-13(3,14)8-15/h4-6H,7-8,14H2,1-3H3. The number of hydrogen-bond acceptors (Lipinski definition) is 2. The molecule has 1 aromatic rings. The van der Waals surface area contributed by atoms with E-state index in [1.54, 1.807) is 4.90 Å². The van der Waals surface area contributed by atoms with Crippen molar-refractivity contribution in [2.75, 3.05) is 13.1 Å². The molecule has 0 aliphatic carbocycles. The van der Waals surface area contributed by atoms with Crippen molar-refractivity contribution in [3.05, 3.63) is 34.9 Å². The van der Waals surface area contributed by atoms with Gasteiger partial charge in [-0.3, -0.25) is 4.79 Å². The number of nitrogens with zero attached hydrogens (tertiary/aromatic N) is 1. The number of aryl methyl sites for hydroxylation is 2. The van der Waals surface area contributed by atoms with Gasteiger partial charge in [0.25, 0.3) is 5.91 Å². The SMILES string of the molecule is Cc1cc(C)cc(C(=O)N2CC(C)(N)C2)c1. The molecule has 0 spiro atoms. The van der Waals surface area contributed by atoms with Gasteiger partial charge >= 0.3 is 0 Å². The third kappa shape index (κ3) is 2.09. The van der Waals surface area contributed by atoms with Crippen LogP contribution >= 0.6 is 0 Å². The zero-order valence-electron chi connectivity index (χ0n) is 10.1. The molecule has 1 saturated heterocycles. The van der Waals surface area contributed by atoms with Crippen molar-refractivity contribution in [2.45, 2.75) is 26.3 Å². The molecule has 0 saturated carbocycles. The number of amides is 1. The first-order valence-electron chi connectivity index (χ1n) is 5.54. The van der Waals surface area contributed by atoms with E-state index >= 15 is 0 Å². The summed E-state index contributed by atoms with van der Waals surface area (Å²) in [5, 5.41) is 0. The highest BCUT2D eigenvalue weighted by atomic mass is 16.2. The van der Waals surface area contributed by atoms with Gasteiger partial charge in [0.15, 0.2) is 0 Å². The zero-order valence-corrected chi connectivity index (χ0v) is 10.1. The predicted octanol–water partition coefficient (Wildman–Crippen LogP) is 1.48. The Morgan fingerprint density at radius 3 is 2.19 bits per heavy atom. The van der Waals surface area contributed by atoms with E-state index < -0.39 is 0 Å². The van der Waals surface area contributed by atoms with Crippen LogP contribution in [0, 0.1) is 13.8 Å². The molecule has 16 heavy (non-hydrogen) atoms. The summed E-state index contributed by atoms with van der Waals surface area (Å²) < 4.78 is 0. The molecule has 0 radical (unpaired) electrons. The quantitative estimate of drug-likeness (QED) is 0.776. The van der Waals surface area contributed by atoms with Crippen molar-refractivity contribution in [2.24, 2.45) is 5.73 Å². The van der Waals surface area contributed by atoms with Gasteiger partial charge in [0.05, 0.1) is 0 Å². The maximum atomic E-state index is 12.1. The van der Waals surface area contributed by atoms with Gasteiger partial charge < -0.3 is 10.6 Å². The molecule has 1 aliphatic rings. The van der Waals surface area contributed by atoms with Crippen LogP contribution in [0.4, 0.5) is 0 Å². The Hall–Kier alpha value is -1.35. The predicted molar refractivity (Wildman–Crippen MR) is 64.4 cm³/mol. The number of likely N-dealkylation sites (tertiary alicyclic amines) is 1. The maximum absolute atomic E-state index is 12.1. The Labute approximate surface area is 96.2 Å². The molecule has 1 aliphatic heterocycles. The molecule has 3 heteroatoms. The van der Waals surface area contributed by atoms with E-state index in [-0.39, 0.29) is 11.4 Å². The number of carbonyl (C=O) groups excluding carboxylic acids is 1. The molecule has 3 nitrogen and oxygen atoms in total. The third-order valence-electron chi connectivity index (χ3n) is 2.86. The fraction of sp³-hybridized carbons (Fsp3) is 0.462. The lowest BCUT2D eigenvalue weighted by Gasteiger charge is -2.45. The average molecular weight is 218 g/mol. The molecular formula is C13H18N2O. The van der Waals surface area contributed by atoms with Gasteiger partial charge in [-0.2, -0.15) is 0 Å². The fourth-order valence-electron chi connectivity index (χ4n) is 2.25. The molecule has 1 amide bonds. The molecule has 1 fully saturated rings. The van der Waals surface area contributed by atoms with Crippen LogP contribution in [0.2, 0.25) is 0 Å². The first-order valence-corrected chi connectivity index (χ1v) is 5.54. The van der Waals surface area contributed by atoms with Crippen molar-refractivity contribution < 1.29 is 4.79 Å². The van der Waals surface area contributed by atoms with E-state index in [9.17, 15) is 4.79 Å². The zero-order chi connectivity index (χ0) is 11.9. The minimum Gasteiger partial charge on any atom is -0.335 e. The number of hydrogen-bond donors (Lipinski definition) is 1. The van der Waals surface area contributed by atoms with Crippen LogP contribution < -0.4 is 5.73 Å². The van der Waals surface area contributed by atoms with Gasteiger partial charge in [-0.1, -0.05) is 17.2 Å². The Kier molecular flexibility index (Phi) is 2.50. The van der Waals surface area contributed by atoms with Gasteiger partial charge in [-0.25, -0.2) is 0 Å². The van der Waals surface area contributed by atoms with Crippen molar-refractivity contribution in [3.8, 4) is 0 Å². The van der Waals surface area contributed by atoms with Gasteiger partial charge in [0, 0.05) is 24.2 Å². The number of rotatable bonds is 1. The summed E-state index contributed by atoms with van der Waals surface area (Å²) in [5.74, 6) is 0.0923. The second-order valence-electron chi connectivity index (χ2n) is 5.19. The molecule has 2 N–H and O–H groups in total. The van der Waals surface area contributed by atoms with Gasteiger partial charge in [-0.15, -0.1) is 0 Å². The van der Waals surface area contributed by atoms with Gasteiger partial charge in [0.2, 0.25) is 0 Å². The van der Waals surface area contributed by atoms with E-state index in [0.29, 0.717) is 13.1 Å². The van der Waals surface area contributed by atoms with E-state index in [2.05, 4.69) is 6.07 Å². The lowest BCUT2D eigenvalue weighted by Crippen LogP contribution is -2.66. The topological polar surface area (TPSA) is 46.3 Å². The van der Waals surface area contributed by atoms with Crippen LogP contribution in [-0.2, 0) is 0 Å². The first-order chi connectivity index (χ1) is 7.37. The average Bonchev–Trinajstić information content (AvgIpc) is 2.11. The Bertz CT molecular complexity index is 409. The highest BCUT2D eigenvalue weighted by molar-refractivity contribution is 5.95. The molecule has 1 heterocycles. The lowest BCUT2D eigenvalue weighted by atomic mass is 9.92. The minimum atomic E-state index is -0.200. The fourth-order valence-corrected chi connectivity index (χ4v) is 2.25. The van der Waals surface area contributed by atoms with Crippen molar-refractivity contribution in [1.29, 1.82) is 0 Å². The normalized spacial score (nSPS) is 18.1. The number of benzene rings is 1. The van der Waals surface area contributed by atoms with Crippen LogP contribution in [0.5, 0.6) is 0 Å². The molecule has 0 unspecified atom stereocenters. The molecule has 86 valence electrons. The summed E-state index contributed by atoms with van der Waals surface area (Å²) >= 11 is 0. The second kappa shape index (κ2) is 3.59. The molecule has 1 aromatic carbocycles. The van der Waals surface area contributed by atoms with E-state index in [1.165, 1.54) is 0 Å². The molecule has 0 bridgehead atoms. The van der Waals surface area contributed by atoms with Crippen molar-refractivity contribution in [3.63, 3.8) is 0 Å². The largest absolute Gasteiger partial charge is 0.335 e. The molecular weight excluding hydrogens is 200 g/mol. The minimum absolute atomic E-state index is 0.0923. The van der Waals surface area contributed by atoms with Gasteiger partial charge in [0.1, 0.15) is 0 Å². The monoisotopic (exact) mass is 218 g/mol. The van der Waals surface area contributed by atoms with Crippen LogP contribution in [0.15, 0.2) is 18.2 Å². The van der Waals surface area contributed by atoms with Gasteiger partial charge in [-0.05, 0) is 32.9 Å². The number of carbonyl (C=O) groups is 1. The lowest BCUT2D eigenvalue weighted by molar-refractivity contribution is 0.0453. The third-order valence-corrected chi connectivity index (χ3v) is 2.86. The summed E-state index contributed by atoms with van der Waals surface area (Å²) in [5.41, 5.74) is 8.71. The molecule has 0 atom stereocenters. The smallest absolute Gasteiger partial charge is 0.254 e. The van der Waals surface area contributed by atoms with Crippen LogP contribution in [-0.4, -0.2) is 29.4 Å². The first kappa shape index (κ1) is 11.1. The Balaban J connectivity index is 2.16. The molecule has 0 aromatic heterocycles. The van der Waals surface area contributed by atoms with E-state index in [0.717, 1.165) is 16.7 Å². The highest BCUT2D eigenvalue weighted by Gasteiger charge is 2.38. The Morgan fingerprint density at radius 2 is 1.75 bits per heavy atom. The Morgan fingerprint density at radius 1 is 1.25 bits per heavy atom.